The maximum absolute atomic E-state index is 10.0. The van der Waals surface area contributed by atoms with Crippen LogP contribution < -0.4 is 0 Å². The van der Waals surface area contributed by atoms with Gasteiger partial charge in [0.2, 0.25) is 0 Å². The Hall–Kier alpha value is -1.19. The van der Waals surface area contributed by atoms with Gasteiger partial charge in [-0.15, -0.1) is 11.3 Å². The third-order valence-corrected chi connectivity index (χ3v) is 3.58. The van der Waals surface area contributed by atoms with Crippen molar-refractivity contribution >= 4 is 11.3 Å². The highest BCUT2D eigenvalue weighted by Gasteiger charge is 2.10. The molecule has 16 heavy (non-hydrogen) atoms. The zero-order valence-corrected chi connectivity index (χ0v) is 10.1. The van der Waals surface area contributed by atoms with Crippen molar-refractivity contribution in [2.75, 3.05) is 0 Å². The van der Waals surface area contributed by atoms with E-state index in [0.717, 1.165) is 18.4 Å². The fraction of sp³-hybridized carbons (Fsp3) is 0.308. The van der Waals surface area contributed by atoms with Gasteiger partial charge in [0.1, 0.15) is 0 Å². The first kappa shape index (κ1) is 11.3. The first-order valence-corrected chi connectivity index (χ1v) is 6.26. The maximum Gasteiger partial charge on any atom is 0.0803 e. The van der Waals surface area contributed by atoms with E-state index in [9.17, 15) is 5.11 Å². The molecule has 0 aliphatic carbocycles. The molecule has 2 aromatic rings. The van der Waals surface area contributed by atoms with Crippen LogP contribution in [0.2, 0.25) is 0 Å². The van der Waals surface area contributed by atoms with E-state index >= 15 is 0 Å². The molecule has 0 fully saturated rings. The Morgan fingerprint density at radius 2 is 2.06 bits per heavy atom. The highest BCUT2D eigenvalue weighted by Crippen LogP contribution is 2.25. The maximum atomic E-state index is 10.0. The summed E-state index contributed by atoms with van der Waals surface area (Å²) in [4.78, 5) is 5.19. The van der Waals surface area contributed by atoms with Gasteiger partial charge in [0, 0.05) is 17.3 Å². The Balaban J connectivity index is 1.94. The molecule has 2 aromatic heterocycles. The molecule has 0 aliphatic heterocycles. The molecule has 0 aromatic carbocycles. The largest absolute Gasteiger partial charge is 0.388 e. The Bertz CT molecular complexity index is 438. The van der Waals surface area contributed by atoms with Crippen molar-refractivity contribution in [3.8, 4) is 0 Å². The quantitative estimate of drug-likeness (QED) is 0.880. The smallest absolute Gasteiger partial charge is 0.0803 e. The van der Waals surface area contributed by atoms with Crippen LogP contribution in [-0.4, -0.2) is 10.1 Å². The van der Waals surface area contributed by atoms with Crippen molar-refractivity contribution < 1.29 is 5.11 Å². The van der Waals surface area contributed by atoms with Crippen LogP contribution in [-0.2, 0) is 6.42 Å². The molecule has 0 radical (unpaired) electrons. The zero-order chi connectivity index (χ0) is 11.4. The molecule has 3 heteroatoms. The van der Waals surface area contributed by atoms with Crippen molar-refractivity contribution in [2.45, 2.75) is 25.9 Å². The molecule has 1 unspecified atom stereocenters. The predicted octanol–water partition coefficient (Wildman–Crippen LogP) is 3.12. The third-order valence-electron chi connectivity index (χ3n) is 2.71. The van der Waals surface area contributed by atoms with Crippen LogP contribution in [0.15, 0.2) is 36.0 Å². The average molecular weight is 233 g/mol. The number of hydrogen-bond acceptors (Lipinski definition) is 3. The van der Waals surface area contributed by atoms with E-state index in [1.807, 2.05) is 23.6 Å². The summed E-state index contributed by atoms with van der Waals surface area (Å²) in [7, 11) is 0. The highest BCUT2D eigenvalue weighted by atomic mass is 32.1. The van der Waals surface area contributed by atoms with Crippen LogP contribution in [0.25, 0.3) is 0 Å². The summed E-state index contributed by atoms with van der Waals surface area (Å²) in [6.07, 6.45) is 4.88. The Morgan fingerprint density at radius 3 is 2.69 bits per heavy atom. The van der Waals surface area contributed by atoms with Gasteiger partial charge in [-0.3, -0.25) is 4.98 Å². The SMILES string of the molecule is Cc1sccc1C(O)CCc1ccncc1. The first-order valence-electron chi connectivity index (χ1n) is 5.38. The fourth-order valence-corrected chi connectivity index (χ4v) is 2.51. The molecule has 0 spiro atoms. The summed E-state index contributed by atoms with van der Waals surface area (Å²) in [5.74, 6) is 0. The topological polar surface area (TPSA) is 33.1 Å². The number of aliphatic hydroxyl groups is 1. The lowest BCUT2D eigenvalue weighted by atomic mass is 10.0. The average Bonchev–Trinajstić information content (AvgIpc) is 2.74. The number of hydrogen-bond donors (Lipinski definition) is 1. The minimum absolute atomic E-state index is 0.348. The van der Waals surface area contributed by atoms with Gasteiger partial charge in [-0.25, -0.2) is 0 Å². The van der Waals surface area contributed by atoms with Crippen LogP contribution in [0, 0.1) is 6.92 Å². The molecule has 2 rings (SSSR count). The molecular weight excluding hydrogens is 218 g/mol. The van der Waals surface area contributed by atoms with Gasteiger partial charge < -0.3 is 5.11 Å². The second-order valence-corrected chi connectivity index (χ2v) is 4.96. The highest BCUT2D eigenvalue weighted by molar-refractivity contribution is 7.10. The number of thiophene rings is 1. The van der Waals surface area contributed by atoms with Gasteiger partial charge in [-0.05, 0) is 54.5 Å². The minimum atomic E-state index is -0.348. The van der Waals surface area contributed by atoms with E-state index in [0.29, 0.717) is 0 Å². The molecule has 2 heterocycles. The standard InChI is InChI=1S/C13H15NOS/c1-10-12(6-9-16-10)13(15)3-2-11-4-7-14-8-5-11/h4-9,13,15H,2-3H2,1H3. The summed E-state index contributed by atoms with van der Waals surface area (Å²) in [5, 5.41) is 12.1. The number of aliphatic hydroxyl groups excluding tert-OH is 1. The lowest BCUT2D eigenvalue weighted by Gasteiger charge is -2.10. The van der Waals surface area contributed by atoms with Crippen LogP contribution >= 0.6 is 11.3 Å². The van der Waals surface area contributed by atoms with Gasteiger partial charge in [-0.2, -0.15) is 0 Å². The Kier molecular flexibility index (Phi) is 3.70. The predicted molar refractivity (Wildman–Crippen MR) is 66.6 cm³/mol. The van der Waals surface area contributed by atoms with Gasteiger partial charge >= 0.3 is 0 Å². The van der Waals surface area contributed by atoms with E-state index in [4.69, 9.17) is 0 Å². The number of pyridine rings is 1. The molecule has 84 valence electrons. The van der Waals surface area contributed by atoms with E-state index < -0.39 is 0 Å². The number of rotatable bonds is 4. The fourth-order valence-electron chi connectivity index (χ4n) is 1.75. The molecule has 0 aliphatic rings. The third kappa shape index (κ3) is 2.68. The Morgan fingerprint density at radius 1 is 1.31 bits per heavy atom. The second-order valence-electron chi connectivity index (χ2n) is 3.84. The minimum Gasteiger partial charge on any atom is -0.388 e. The summed E-state index contributed by atoms with van der Waals surface area (Å²) >= 11 is 1.68. The van der Waals surface area contributed by atoms with E-state index in [-0.39, 0.29) is 6.10 Å². The van der Waals surface area contributed by atoms with Gasteiger partial charge in [0.15, 0.2) is 0 Å². The normalized spacial score (nSPS) is 12.6. The molecule has 1 atom stereocenters. The van der Waals surface area contributed by atoms with Crippen molar-refractivity contribution in [1.29, 1.82) is 0 Å². The lowest BCUT2D eigenvalue weighted by molar-refractivity contribution is 0.167. The van der Waals surface area contributed by atoms with Crippen molar-refractivity contribution in [2.24, 2.45) is 0 Å². The molecule has 2 nitrogen and oxygen atoms in total. The molecule has 1 N–H and O–H groups in total. The van der Waals surface area contributed by atoms with Gasteiger partial charge in [0.25, 0.3) is 0 Å². The van der Waals surface area contributed by atoms with Crippen LogP contribution in [0.3, 0.4) is 0 Å². The Labute approximate surface area is 99.6 Å². The summed E-state index contributed by atoms with van der Waals surface area (Å²) in [6.45, 7) is 2.05. The first-order chi connectivity index (χ1) is 7.77. The van der Waals surface area contributed by atoms with E-state index in [2.05, 4.69) is 11.9 Å². The summed E-state index contributed by atoms with van der Waals surface area (Å²) in [5.41, 5.74) is 2.29. The molecule has 0 saturated carbocycles. The molecule has 0 saturated heterocycles. The van der Waals surface area contributed by atoms with Crippen LogP contribution in [0.4, 0.5) is 0 Å². The van der Waals surface area contributed by atoms with E-state index in [1.54, 1.807) is 23.7 Å². The zero-order valence-electron chi connectivity index (χ0n) is 9.26. The molecule has 0 amide bonds. The number of aromatic nitrogens is 1. The lowest BCUT2D eigenvalue weighted by Crippen LogP contribution is -1.99. The van der Waals surface area contributed by atoms with Gasteiger partial charge in [0.05, 0.1) is 6.10 Å². The number of nitrogens with zero attached hydrogens (tertiary/aromatic N) is 1. The second kappa shape index (κ2) is 5.23. The summed E-state index contributed by atoms with van der Waals surface area (Å²) in [6, 6.07) is 6.00. The van der Waals surface area contributed by atoms with Crippen LogP contribution in [0.5, 0.6) is 0 Å². The van der Waals surface area contributed by atoms with Crippen LogP contribution in [0.1, 0.15) is 28.5 Å². The van der Waals surface area contributed by atoms with Crippen molar-refractivity contribution in [3.05, 3.63) is 52.0 Å². The van der Waals surface area contributed by atoms with E-state index in [1.165, 1.54) is 10.4 Å². The molecular formula is C13H15NOS. The van der Waals surface area contributed by atoms with Crippen molar-refractivity contribution in [1.82, 2.24) is 4.98 Å². The number of aryl methyl sites for hydroxylation is 2. The van der Waals surface area contributed by atoms with Gasteiger partial charge in [-0.1, -0.05) is 0 Å². The summed E-state index contributed by atoms with van der Waals surface area (Å²) < 4.78 is 0. The molecule has 0 bridgehead atoms. The van der Waals surface area contributed by atoms with Crippen molar-refractivity contribution in [3.63, 3.8) is 0 Å². The monoisotopic (exact) mass is 233 g/mol.